The third-order valence-electron chi connectivity index (χ3n) is 3.56. The number of carbonyl (C=O) groups is 2. The first kappa shape index (κ1) is 17.0. The van der Waals surface area contributed by atoms with Crippen molar-refractivity contribution >= 4 is 44.3 Å². The van der Waals surface area contributed by atoms with E-state index in [1.54, 1.807) is 36.4 Å². The molecule has 0 aliphatic carbocycles. The number of rotatable bonds is 4. The van der Waals surface area contributed by atoms with Gasteiger partial charge in [-0.25, -0.2) is 4.79 Å². The van der Waals surface area contributed by atoms with E-state index in [0.717, 1.165) is 9.86 Å². The van der Waals surface area contributed by atoms with Gasteiger partial charge in [0, 0.05) is 15.5 Å². The monoisotopic (exact) mass is 399 g/mol. The Kier molecular flexibility index (Phi) is 5.00. The topological polar surface area (TPSA) is 75.6 Å². The number of esters is 1. The van der Waals surface area contributed by atoms with Gasteiger partial charge in [0.2, 0.25) is 0 Å². The Morgan fingerprint density at radius 1 is 1.04 bits per heavy atom. The van der Waals surface area contributed by atoms with E-state index >= 15 is 0 Å². The molecule has 0 radical (unpaired) electrons. The van der Waals surface area contributed by atoms with Gasteiger partial charge in [-0.2, -0.15) is 0 Å². The smallest absolute Gasteiger partial charge is 0.342 e. The van der Waals surface area contributed by atoms with Gasteiger partial charge in [-0.1, -0.05) is 52.3 Å². The third-order valence-corrected chi connectivity index (χ3v) is 4.06. The Labute approximate surface area is 152 Å². The quantitative estimate of drug-likeness (QED) is 0.647. The molecule has 0 aromatic heterocycles. The Bertz CT molecular complexity index is 955. The van der Waals surface area contributed by atoms with Gasteiger partial charge in [0.25, 0.3) is 5.91 Å². The van der Waals surface area contributed by atoms with Crippen molar-refractivity contribution in [1.82, 2.24) is 0 Å². The molecule has 1 amide bonds. The SMILES string of the molecule is O=C(COC(=O)c1ccc2ccccc2c1O)Nc1cccc(Br)c1. The summed E-state index contributed by atoms with van der Waals surface area (Å²) in [6.07, 6.45) is 0. The molecule has 3 aromatic rings. The highest BCUT2D eigenvalue weighted by Gasteiger charge is 2.16. The number of phenols is 1. The molecule has 0 heterocycles. The Balaban J connectivity index is 1.66. The van der Waals surface area contributed by atoms with E-state index in [-0.39, 0.29) is 11.3 Å². The Morgan fingerprint density at radius 3 is 2.64 bits per heavy atom. The Hall–Kier alpha value is -2.86. The van der Waals surface area contributed by atoms with Crippen LogP contribution in [0.4, 0.5) is 5.69 Å². The van der Waals surface area contributed by atoms with Crippen LogP contribution in [0.2, 0.25) is 0 Å². The van der Waals surface area contributed by atoms with Crippen molar-refractivity contribution in [2.75, 3.05) is 11.9 Å². The number of hydrogen-bond acceptors (Lipinski definition) is 4. The van der Waals surface area contributed by atoms with Crippen LogP contribution in [-0.4, -0.2) is 23.6 Å². The minimum absolute atomic E-state index is 0.0222. The summed E-state index contributed by atoms with van der Waals surface area (Å²) in [6, 6.07) is 17.4. The van der Waals surface area contributed by atoms with E-state index in [2.05, 4.69) is 21.2 Å². The predicted molar refractivity (Wildman–Crippen MR) is 98.7 cm³/mol. The molecule has 6 heteroatoms. The highest BCUT2D eigenvalue weighted by Crippen LogP contribution is 2.29. The molecule has 126 valence electrons. The average Bonchev–Trinajstić information content (AvgIpc) is 2.60. The van der Waals surface area contributed by atoms with Crippen molar-refractivity contribution in [2.45, 2.75) is 0 Å². The molecule has 0 saturated carbocycles. The minimum Gasteiger partial charge on any atom is -0.506 e. The molecule has 0 saturated heterocycles. The lowest BCUT2D eigenvalue weighted by Crippen LogP contribution is -2.21. The molecule has 0 bridgehead atoms. The van der Waals surface area contributed by atoms with E-state index in [9.17, 15) is 14.7 Å². The number of carbonyl (C=O) groups excluding carboxylic acids is 2. The number of phenolic OH excluding ortho intramolecular Hbond substituents is 1. The van der Waals surface area contributed by atoms with Crippen molar-refractivity contribution in [3.8, 4) is 5.75 Å². The van der Waals surface area contributed by atoms with E-state index in [0.29, 0.717) is 11.1 Å². The normalized spacial score (nSPS) is 10.4. The van der Waals surface area contributed by atoms with Crippen LogP contribution in [0, 0.1) is 0 Å². The molecule has 0 unspecified atom stereocenters. The number of amides is 1. The van der Waals surface area contributed by atoms with E-state index in [1.807, 2.05) is 18.2 Å². The molecule has 25 heavy (non-hydrogen) atoms. The van der Waals surface area contributed by atoms with Crippen molar-refractivity contribution in [2.24, 2.45) is 0 Å². The van der Waals surface area contributed by atoms with Crippen LogP contribution in [0.5, 0.6) is 5.75 Å². The molecule has 0 fully saturated rings. The summed E-state index contributed by atoms with van der Waals surface area (Å²) in [5, 5.41) is 14.2. The lowest BCUT2D eigenvalue weighted by Gasteiger charge is -2.09. The van der Waals surface area contributed by atoms with Crippen molar-refractivity contribution in [1.29, 1.82) is 0 Å². The minimum atomic E-state index is -0.757. The second-order valence-electron chi connectivity index (χ2n) is 5.32. The van der Waals surface area contributed by atoms with Crippen LogP contribution in [0.3, 0.4) is 0 Å². The standard InChI is InChI=1S/C19H14BrNO4/c20-13-5-3-6-14(10-13)21-17(22)11-25-19(24)16-9-8-12-4-1-2-7-15(12)18(16)23/h1-10,23H,11H2,(H,21,22). The van der Waals surface area contributed by atoms with Gasteiger partial charge in [0.15, 0.2) is 6.61 Å². The first-order valence-electron chi connectivity index (χ1n) is 7.48. The van der Waals surface area contributed by atoms with Gasteiger partial charge in [-0.3, -0.25) is 4.79 Å². The number of benzene rings is 3. The van der Waals surface area contributed by atoms with Crippen molar-refractivity contribution in [3.05, 3.63) is 70.7 Å². The van der Waals surface area contributed by atoms with Gasteiger partial charge in [-0.15, -0.1) is 0 Å². The van der Waals surface area contributed by atoms with Crippen LogP contribution in [0.25, 0.3) is 10.8 Å². The number of fused-ring (bicyclic) bond motifs is 1. The highest BCUT2D eigenvalue weighted by atomic mass is 79.9. The summed E-state index contributed by atoms with van der Waals surface area (Å²) in [5.74, 6) is -1.38. The number of ether oxygens (including phenoxy) is 1. The third kappa shape index (κ3) is 3.97. The maximum absolute atomic E-state index is 12.2. The van der Waals surface area contributed by atoms with Gasteiger partial charge in [-0.05, 0) is 29.7 Å². The average molecular weight is 400 g/mol. The van der Waals surface area contributed by atoms with Gasteiger partial charge >= 0.3 is 5.97 Å². The summed E-state index contributed by atoms with van der Waals surface area (Å²) in [7, 11) is 0. The second kappa shape index (κ2) is 7.36. The molecule has 0 aliphatic heterocycles. The second-order valence-corrected chi connectivity index (χ2v) is 6.23. The molecule has 2 N–H and O–H groups in total. The zero-order valence-electron chi connectivity index (χ0n) is 13.0. The Morgan fingerprint density at radius 2 is 1.84 bits per heavy atom. The summed E-state index contributed by atoms with van der Waals surface area (Å²) in [6.45, 7) is -0.447. The summed E-state index contributed by atoms with van der Waals surface area (Å²) < 4.78 is 5.82. The summed E-state index contributed by atoms with van der Waals surface area (Å²) >= 11 is 3.31. The summed E-state index contributed by atoms with van der Waals surface area (Å²) in [5.41, 5.74) is 0.609. The van der Waals surface area contributed by atoms with Crippen LogP contribution in [0.15, 0.2) is 65.1 Å². The molecular formula is C19H14BrNO4. The molecule has 3 rings (SSSR count). The van der Waals surface area contributed by atoms with Gasteiger partial charge in [0.1, 0.15) is 11.3 Å². The van der Waals surface area contributed by atoms with E-state index in [4.69, 9.17) is 4.74 Å². The number of anilines is 1. The zero-order valence-corrected chi connectivity index (χ0v) is 14.6. The fraction of sp³-hybridized carbons (Fsp3) is 0.0526. The van der Waals surface area contributed by atoms with Crippen molar-refractivity contribution in [3.63, 3.8) is 0 Å². The molecule has 3 aromatic carbocycles. The van der Waals surface area contributed by atoms with E-state index < -0.39 is 18.5 Å². The zero-order chi connectivity index (χ0) is 17.8. The lowest BCUT2D eigenvalue weighted by atomic mass is 10.1. The number of hydrogen-bond donors (Lipinski definition) is 2. The maximum atomic E-state index is 12.2. The fourth-order valence-corrected chi connectivity index (χ4v) is 2.79. The van der Waals surface area contributed by atoms with E-state index in [1.165, 1.54) is 6.07 Å². The molecule has 5 nitrogen and oxygen atoms in total. The first-order valence-corrected chi connectivity index (χ1v) is 8.27. The fourth-order valence-electron chi connectivity index (χ4n) is 2.39. The highest BCUT2D eigenvalue weighted by molar-refractivity contribution is 9.10. The van der Waals surface area contributed by atoms with Crippen LogP contribution < -0.4 is 5.32 Å². The molecule has 0 aliphatic rings. The maximum Gasteiger partial charge on any atom is 0.342 e. The predicted octanol–water partition coefficient (Wildman–Crippen LogP) is 4.10. The lowest BCUT2D eigenvalue weighted by molar-refractivity contribution is -0.119. The largest absolute Gasteiger partial charge is 0.506 e. The molecular weight excluding hydrogens is 386 g/mol. The number of halogens is 1. The van der Waals surface area contributed by atoms with Gasteiger partial charge < -0.3 is 15.2 Å². The van der Waals surface area contributed by atoms with Crippen LogP contribution in [-0.2, 0) is 9.53 Å². The van der Waals surface area contributed by atoms with Crippen LogP contribution in [0.1, 0.15) is 10.4 Å². The van der Waals surface area contributed by atoms with Gasteiger partial charge in [0.05, 0.1) is 0 Å². The molecule has 0 atom stereocenters. The summed E-state index contributed by atoms with van der Waals surface area (Å²) in [4.78, 5) is 24.0. The number of nitrogens with one attached hydrogen (secondary N) is 1. The van der Waals surface area contributed by atoms with Crippen molar-refractivity contribution < 1.29 is 19.4 Å². The first-order chi connectivity index (χ1) is 12.0. The van der Waals surface area contributed by atoms with Crippen LogP contribution >= 0.6 is 15.9 Å². The number of aromatic hydroxyl groups is 1. The molecule has 0 spiro atoms.